The molecule has 0 aromatic heterocycles. The van der Waals surface area contributed by atoms with Crippen LogP contribution in [0.3, 0.4) is 0 Å². The number of fused-ring (bicyclic) bond motifs is 2. The molecule has 0 heterocycles. The second-order valence-electron chi connectivity index (χ2n) is 5.33. The number of carbonyl (C=O) groups excluding carboxylic acids is 2. The lowest BCUT2D eigenvalue weighted by Gasteiger charge is -2.21. The zero-order valence-electron chi connectivity index (χ0n) is 12.2. The van der Waals surface area contributed by atoms with Gasteiger partial charge in [-0.05, 0) is 6.07 Å². The maximum Gasteiger partial charge on any atom is 0.196 e. The first-order valence-corrected chi connectivity index (χ1v) is 7.24. The number of aliphatic hydroxyl groups excluding tert-OH is 1. The Balaban J connectivity index is 1.99. The van der Waals surface area contributed by atoms with Crippen LogP contribution in [0.15, 0.2) is 42.5 Å². The zero-order chi connectivity index (χ0) is 16.4. The van der Waals surface area contributed by atoms with Crippen molar-refractivity contribution in [1.82, 2.24) is 0 Å². The van der Waals surface area contributed by atoms with Crippen LogP contribution in [0.5, 0.6) is 0 Å². The molecule has 2 aromatic carbocycles. The van der Waals surface area contributed by atoms with E-state index in [9.17, 15) is 14.7 Å². The minimum absolute atomic E-state index is 0.00225. The summed E-state index contributed by atoms with van der Waals surface area (Å²) in [6, 6.07) is 13.6. The fraction of sp³-hybridized carbons (Fsp3) is 0.167. The van der Waals surface area contributed by atoms with Crippen LogP contribution in [0, 0.1) is 11.3 Å². The van der Waals surface area contributed by atoms with Crippen LogP contribution in [0.25, 0.3) is 0 Å². The van der Waals surface area contributed by atoms with E-state index in [2.05, 4.69) is 5.32 Å². The van der Waals surface area contributed by atoms with Gasteiger partial charge in [0.2, 0.25) is 0 Å². The highest BCUT2D eigenvalue weighted by Gasteiger charge is 2.31. The summed E-state index contributed by atoms with van der Waals surface area (Å²) in [5, 5.41) is 21.2. The smallest absolute Gasteiger partial charge is 0.196 e. The summed E-state index contributed by atoms with van der Waals surface area (Å²) in [6.07, 6.45) is -0.838. The summed E-state index contributed by atoms with van der Waals surface area (Å²) in [5.41, 5.74) is 1.96. The second kappa shape index (κ2) is 6.03. The van der Waals surface area contributed by atoms with Crippen molar-refractivity contribution in [3.8, 4) is 6.07 Å². The molecule has 2 N–H and O–H groups in total. The van der Waals surface area contributed by atoms with Gasteiger partial charge in [0.05, 0.1) is 24.2 Å². The molecule has 0 unspecified atom stereocenters. The van der Waals surface area contributed by atoms with E-state index >= 15 is 0 Å². The molecule has 3 rings (SSSR count). The standard InChI is InChI=1S/C18H14N2O3/c19-9-8-11(21)10-20-15-7-3-6-14-16(15)18(23)13-5-2-1-4-12(13)17(14)22/h1-7,11,20-21H,8,10H2/t11-/m1/s1. The van der Waals surface area contributed by atoms with Crippen LogP contribution in [0.1, 0.15) is 38.3 Å². The maximum absolute atomic E-state index is 12.7. The van der Waals surface area contributed by atoms with Crippen molar-refractivity contribution in [2.75, 3.05) is 11.9 Å². The molecule has 1 aliphatic rings. The minimum Gasteiger partial charge on any atom is -0.390 e. The van der Waals surface area contributed by atoms with Crippen molar-refractivity contribution in [3.05, 3.63) is 64.7 Å². The van der Waals surface area contributed by atoms with Crippen LogP contribution in [-0.2, 0) is 0 Å². The summed E-state index contributed by atoms with van der Waals surface area (Å²) in [6.45, 7) is 0.132. The number of hydrogen-bond donors (Lipinski definition) is 2. The average Bonchev–Trinajstić information content (AvgIpc) is 2.58. The zero-order valence-corrected chi connectivity index (χ0v) is 12.2. The van der Waals surface area contributed by atoms with Gasteiger partial charge in [-0.2, -0.15) is 5.26 Å². The summed E-state index contributed by atoms with van der Waals surface area (Å²) in [7, 11) is 0. The summed E-state index contributed by atoms with van der Waals surface area (Å²) in [5.74, 6) is -0.399. The number of nitriles is 1. The predicted molar refractivity (Wildman–Crippen MR) is 84.5 cm³/mol. The molecule has 0 fully saturated rings. The Morgan fingerprint density at radius 1 is 1.00 bits per heavy atom. The number of nitrogens with one attached hydrogen (secondary N) is 1. The molecule has 0 saturated heterocycles. The Morgan fingerprint density at radius 3 is 2.35 bits per heavy atom. The largest absolute Gasteiger partial charge is 0.390 e. The van der Waals surface area contributed by atoms with Crippen molar-refractivity contribution < 1.29 is 14.7 Å². The topological polar surface area (TPSA) is 90.2 Å². The van der Waals surface area contributed by atoms with Gasteiger partial charge in [-0.3, -0.25) is 9.59 Å². The van der Waals surface area contributed by atoms with Gasteiger partial charge in [0.15, 0.2) is 11.6 Å². The first kappa shape index (κ1) is 14.9. The number of anilines is 1. The first-order valence-electron chi connectivity index (χ1n) is 7.24. The van der Waals surface area contributed by atoms with E-state index in [4.69, 9.17) is 5.26 Å². The Labute approximate surface area is 133 Å². The molecule has 1 atom stereocenters. The highest BCUT2D eigenvalue weighted by Crippen LogP contribution is 2.31. The van der Waals surface area contributed by atoms with Gasteiger partial charge < -0.3 is 10.4 Å². The Hall–Kier alpha value is -2.97. The number of aliphatic hydroxyl groups is 1. The lowest BCUT2D eigenvalue weighted by molar-refractivity contribution is 0.0979. The van der Waals surface area contributed by atoms with E-state index in [-0.39, 0.29) is 24.5 Å². The molecule has 1 aliphatic carbocycles. The van der Waals surface area contributed by atoms with Crippen molar-refractivity contribution in [2.45, 2.75) is 12.5 Å². The fourth-order valence-corrected chi connectivity index (χ4v) is 2.70. The Bertz CT molecular complexity index is 836. The number of nitrogens with zero attached hydrogens (tertiary/aromatic N) is 1. The molecule has 0 spiro atoms. The Morgan fingerprint density at radius 2 is 1.65 bits per heavy atom. The van der Waals surface area contributed by atoms with E-state index in [1.54, 1.807) is 42.5 Å². The highest BCUT2D eigenvalue weighted by atomic mass is 16.3. The monoisotopic (exact) mass is 306 g/mol. The lowest BCUT2D eigenvalue weighted by atomic mass is 9.83. The Kier molecular flexibility index (Phi) is 3.92. The second-order valence-corrected chi connectivity index (χ2v) is 5.33. The molecular formula is C18H14N2O3. The quantitative estimate of drug-likeness (QED) is 0.771. The normalized spacial score (nSPS) is 13.7. The van der Waals surface area contributed by atoms with Gasteiger partial charge >= 0.3 is 0 Å². The van der Waals surface area contributed by atoms with Gasteiger partial charge in [0, 0.05) is 28.9 Å². The molecular weight excluding hydrogens is 292 g/mol. The number of benzene rings is 2. The molecule has 0 aliphatic heterocycles. The molecule has 0 saturated carbocycles. The van der Waals surface area contributed by atoms with Crippen LogP contribution in [0.4, 0.5) is 5.69 Å². The van der Waals surface area contributed by atoms with Crippen LogP contribution < -0.4 is 5.32 Å². The van der Waals surface area contributed by atoms with Crippen molar-refractivity contribution in [1.29, 1.82) is 5.26 Å². The van der Waals surface area contributed by atoms with E-state index in [0.717, 1.165) is 0 Å². The van der Waals surface area contributed by atoms with Crippen LogP contribution in [-0.4, -0.2) is 29.3 Å². The van der Waals surface area contributed by atoms with Gasteiger partial charge in [0.1, 0.15) is 0 Å². The first-order chi connectivity index (χ1) is 11.1. The van der Waals surface area contributed by atoms with Gasteiger partial charge in [-0.15, -0.1) is 0 Å². The van der Waals surface area contributed by atoms with Crippen LogP contribution in [0.2, 0.25) is 0 Å². The number of rotatable bonds is 4. The average molecular weight is 306 g/mol. The third kappa shape index (κ3) is 2.60. The van der Waals surface area contributed by atoms with Crippen LogP contribution >= 0.6 is 0 Å². The van der Waals surface area contributed by atoms with Crippen molar-refractivity contribution in [2.24, 2.45) is 0 Å². The van der Waals surface area contributed by atoms with E-state index < -0.39 is 6.10 Å². The number of hydrogen-bond acceptors (Lipinski definition) is 5. The number of carbonyl (C=O) groups is 2. The van der Waals surface area contributed by atoms with Crippen molar-refractivity contribution in [3.63, 3.8) is 0 Å². The molecule has 0 bridgehead atoms. The third-order valence-corrected chi connectivity index (χ3v) is 3.81. The predicted octanol–water partition coefficient (Wildman–Crippen LogP) is 2.15. The minimum atomic E-state index is -0.836. The summed E-state index contributed by atoms with van der Waals surface area (Å²) >= 11 is 0. The highest BCUT2D eigenvalue weighted by molar-refractivity contribution is 6.30. The summed E-state index contributed by atoms with van der Waals surface area (Å²) < 4.78 is 0. The SMILES string of the molecule is N#CC[C@@H](O)CNc1cccc2c1C(=O)c1ccccc1C2=O. The molecule has 0 amide bonds. The maximum atomic E-state index is 12.7. The summed E-state index contributed by atoms with van der Waals surface area (Å²) in [4.78, 5) is 25.3. The van der Waals surface area contributed by atoms with Crippen molar-refractivity contribution >= 4 is 17.3 Å². The van der Waals surface area contributed by atoms with E-state index in [0.29, 0.717) is 27.9 Å². The molecule has 2 aromatic rings. The van der Waals surface area contributed by atoms with Gasteiger partial charge in [0.25, 0.3) is 0 Å². The number of ketones is 2. The van der Waals surface area contributed by atoms with E-state index in [1.165, 1.54) is 0 Å². The third-order valence-electron chi connectivity index (χ3n) is 3.81. The molecule has 5 nitrogen and oxygen atoms in total. The molecule has 114 valence electrons. The van der Waals surface area contributed by atoms with Gasteiger partial charge in [-0.1, -0.05) is 36.4 Å². The van der Waals surface area contributed by atoms with Gasteiger partial charge in [-0.25, -0.2) is 0 Å². The fourth-order valence-electron chi connectivity index (χ4n) is 2.70. The molecule has 0 radical (unpaired) electrons. The molecule has 5 heteroatoms. The lowest BCUT2D eigenvalue weighted by Crippen LogP contribution is -2.24. The van der Waals surface area contributed by atoms with E-state index in [1.807, 2.05) is 6.07 Å². The molecule has 23 heavy (non-hydrogen) atoms.